The molecule has 3 aromatic rings. The molecule has 106 valence electrons. The average Bonchev–Trinajstić information content (AvgIpc) is 3.16. The fourth-order valence-corrected chi connectivity index (χ4v) is 3.15. The van der Waals surface area contributed by atoms with Gasteiger partial charge in [-0.2, -0.15) is 0 Å². The standard InChI is InChI=1S/C16H17N5/c1-2-13(10-17-5-1)11-20-8-4-14(12-20)15-3-6-18-16-19-7-9-21(15)16/h1-3,5-7,9-10,14H,4,8,11-12H2/t14-/m1/s1. The lowest BCUT2D eigenvalue weighted by atomic mass is 10.0. The van der Waals surface area contributed by atoms with Gasteiger partial charge in [-0.1, -0.05) is 6.07 Å². The minimum atomic E-state index is 0.543. The number of imidazole rings is 1. The first-order valence-electron chi connectivity index (χ1n) is 7.29. The van der Waals surface area contributed by atoms with Crippen LogP contribution in [0.2, 0.25) is 0 Å². The van der Waals surface area contributed by atoms with Crippen molar-refractivity contribution >= 4 is 5.78 Å². The van der Waals surface area contributed by atoms with E-state index in [2.05, 4.69) is 36.4 Å². The Hall–Kier alpha value is -2.27. The summed E-state index contributed by atoms with van der Waals surface area (Å²) in [6.45, 7) is 3.17. The number of nitrogens with zero attached hydrogens (tertiary/aromatic N) is 5. The van der Waals surface area contributed by atoms with Gasteiger partial charge >= 0.3 is 0 Å². The highest BCUT2D eigenvalue weighted by atomic mass is 15.2. The van der Waals surface area contributed by atoms with E-state index < -0.39 is 0 Å². The van der Waals surface area contributed by atoms with Crippen LogP contribution in [0, 0.1) is 0 Å². The molecule has 4 heterocycles. The third kappa shape index (κ3) is 2.40. The van der Waals surface area contributed by atoms with Gasteiger partial charge in [-0.25, -0.2) is 9.97 Å². The summed E-state index contributed by atoms with van der Waals surface area (Å²) in [5.74, 6) is 1.33. The molecule has 0 saturated carbocycles. The summed E-state index contributed by atoms with van der Waals surface area (Å²) in [6, 6.07) is 6.26. The van der Waals surface area contributed by atoms with Gasteiger partial charge in [0.2, 0.25) is 5.78 Å². The quantitative estimate of drug-likeness (QED) is 0.736. The third-order valence-electron chi connectivity index (χ3n) is 4.15. The molecule has 0 aromatic carbocycles. The van der Waals surface area contributed by atoms with E-state index in [-0.39, 0.29) is 0 Å². The largest absolute Gasteiger partial charge is 0.298 e. The van der Waals surface area contributed by atoms with Gasteiger partial charge in [0.15, 0.2) is 0 Å². The maximum absolute atomic E-state index is 4.29. The van der Waals surface area contributed by atoms with Crippen LogP contribution in [-0.4, -0.2) is 37.3 Å². The number of hydrogen-bond donors (Lipinski definition) is 0. The molecule has 1 saturated heterocycles. The van der Waals surface area contributed by atoms with Crippen molar-refractivity contribution in [3.8, 4) is 0 Å². The van der Waals surface area contributed by atoms with Crippen LogP contribution in [0.5, 0.6) is 0 Å². The second-order valence-corrected chi connectivity index (χ2v) is 5.55. The van der Waals surface area contributed by atoms with Gasteiger partial charge in [-0.3, -0.25) is 14.3 Å². The second kappa shape index (κ2) is 5.26. The van der Waals surface area contributed by atoms with Gasteiger partial charge < -0.3 is 0 Å². The number of hydrogen-bond acceptors (Lipinski definition) is 4. The molecule has 0 bridgehead atoms. The maximum Gasteiger partial charge on any atom is 0.233 e. The maximum atomic E-state index is 4.29. The molecular weight excluding hydrogens is 262 g/mol. The Morgan fingerprint density at radius 2 is 2.10 bits per heavy atom. The van der Waals surface area contributed by atoms with Crippen molar-refractivity contribution in [1.82, 2.24) is 24.3 Å². The minimum Gasteiger partial charge on any atom is -0.298 e. The predicted octanol–water partition coefficient (Wildman–Crippen LogP) is 2.11. The van der Waals surface area contributed by atoms with Gasteiger partial charge in [-0.15, -0.1) is 0 Å². The predicted molar refractivity (Wildman–Crippen MR) is 79.9 cm³/mol. The highest BCUT2D eigenvalue weighted by molar-refractivity contribution is 5.31. The summed E-state index contributed by atoms with van der Waals surface area (Å²) < 4.78 is 2.11. The Kier molecular flexibility index (Phi) is 3.12. The molecule has 1 aliphatic rings. The van der Waals surface area contributed by atoms with Gasteiger partial charge in [0, 0.05) is 55.7 Å². The van der Waals surface area contributed by atoms with Crippen LogP contribution in [0.25, 0.3) is 5.78 Å². The first-order chi connectivity index (χ1) is 10.4. The summed E-state index contributed by atoms with van der Waals surface area (Å²) in [5, 5.41) is 0. The summed E-state index contributed by atoms with van der Waals surface area (Å²) in [5.41, 5.74) is 2.59. The number of pyridine rings is 1. The van der Waals surface area contributed by atoms with E-state index in [4.69, 9.17) is 0 Å². The molecular formula is C16H17N5. The molecule has 5 heteroatoms. The van der Waals surface area contributed by atoms with Crippen molar-refractivity contribution in [3.05, 3.63) is 60.4 Å². The van der Waals surface area contributed by atoms with Crippen molar-refractivity contribution in [1.29, 1.82) is 0 Å². The number of rotatable bonds is 3. The number of aromatic nitrogens is 4. The zero-order valence-corrected chi connectivity index (χ0v) is 11.8. The van der Waals surface area contributed by atoms with E-state index in [9.17, 15) is 0 Å². The fourth-order valence-electron chi connectivity index (χ4n) is 3.15. The lowest BCUT2D eigenvalue weighted by molar-refractivity contribution is 0.326. The molecule has 0 amide bonds. The summed E-state index contributed by atoms with van der Waals surface area (Å²) in [4.78, 5) is 15.2. The van der Waals surface area contributed by atoms with E-state index in [0.29, 0.717) is 5.92 Å². The summed E-state index contributed by atoms with van der Waals surface area (Å²) >= 11 is 0. The Labute approximate surface area is 123 Å². The molecule has 0 spiro atoms. The zero-order chi connectivity index (χ0) is 14.1. The van der Waals surface area contributed by atoms with Gasteiger partial charge in [0.1, 0.15) is 0 Å². The van der Waals surface area contributed by atoms with Crippen LogP contribution in [0.4, 0.5) is 0 Å². The molecule has 4 rings (SSSR count). The second-order valence-electron chi connectivity index (χ2n) is 5.55. The van der Waals surface area contributed by atoms with Crippen molar-refractivity contribution in [2.24, 2.45) is 0 Å². The Bertz CT molecular complexity index is 737. The van der Waals surface area contributed by atoms with Crippen molar-refractivity contribution in [2.75, 3.05) is 13.1 Å². The van der Waals surface area contributed by atoms with Crippen molar-refractivity contribution in [2.45, 2.75) is 18.9 Å². The molecule has 1 fully saturated rings. The van der Waals surface area contributed by atoms with Crippen LogP contribution in [0.15, 0.2) is 49.2 Å². The smallest absolute Gasteiger partial charge is 0.233 e. The van der Waals surface area contributed by atoms with Crippen molar-refractivity contribution in [3.63, 3.8) is 0 Å². The molecule has 0 radical (unpaired) electrons. The Balaban J connectivity index is 1.52. The van der Waals surface area contributed by atoms with E-state index in [1.54, 1.807) is 0 Å². The monoisotopic (exact) mass is 279 g/mol. The summed E-state index contributed by atoms with van der Waals surface area (Å²) in [7, 11) is 0. The van der Waals surface area contributed by atoms with Gasteiger partial charge in [0.05, 0.1) is 0 Å². The lowest BCUT2D eigenvalue weighted by Gasteiger charge is -2.16. The van der Waals surface area contributed by atoms with E-state index >= 15 is 0 Å². The van der Waals surface area contributed by atoms with E-state index in [0.717, 1.165) is 25.4 Å². The first-order valence-corrected chi connectivity index (χ1v) is 7.29. The molecule has 1 aliphatic heterocycles. The molecule has 0 aliphatic carbocycles. The van der Waals surface area contributed by atoms with Gasteiger partial charge in [0.25, 0.3) is 0 Å². The Morgan fingerprint density at radius 1 is 1.14 bits per heavy atom. The SMILES string of the molecule is c1cncc(CN2CC[C@@H](c3ccnc4nccn34)C2)c1. The van der Waals surface area contributed by atoms with Crippen LogP contribution in [0.3, 0.4) is 0 Å². The lowest BCUT2D eigenvalue weighted by Crippen LogP contribution is -2.20. The summed E-state index contributed by atoms with van der Waals surface area (Å²) in [6.07, 6.45) is 10.6. The minimum absolute atomic E-state index is 0.543. The van der Waals surface area contributed by atoms with Crippen LogP contribution in [-0.2, 0) is 6.54 Å². The number of likely N-dealkylation sites (tertiary alicyclic amines) is 1. The molecule has 0 N–H and O–H groups in total. The van der Waals surface area contributed by atoms with Crippen LogP contribution >= 0.6 is 0 Å². The molecule has 21 heavy (non-hydrogen) atoms. The molecule has 0 unspecified atom stereocenters. The van der Waals surface area contributed by atoms with Crippen molar-refractivity contribution < 1.29 is 0 Å². The van der Waals surface area contributed by atoms with E-state index in [1.165, 1.54) is 17.7 Å². The first kappa shape index (κ1) is 12.5. The highest BCUT2D eigenvalue weighted by Crippen LogP contribution is 2.28. The molecule has 5 nitrogen and oxygen atoms in total. The van der Waals surface area contributed by atoms with Gasteiger partial charge in [-0.05, 0) is 30.7 Å². The molecule has 1 atom stereocenters. The Morgan fingerprint density at radius 3 is 3.00 bits per heavy atom. The highest BCUT2D eigenvalue weighted by Gasteiger charge is 2.25. The fraction of sp³-hybridized carbons (Fsp3) is 0.312. The number of fused-ring (bicyclic) bond motifs is 1. The third-order valence-corrected chi connectivity index (χ3v) is 4.15. The van der Waals surface area contributed by atoms with Crippen LogP contribution in [0.1, 0.15) is 23.6 Å². The van der Waals surface area contributed by atoms with E-state index in [1.807, 2.05) is 37.1 Å². The van der Waals surface area contributed by atoms with Crippen LogP contribution < -0.4 is 0 Å². The molecule has 3 aromatic heterocycles. The zero-order valence-electron chi connectivity index (χ0n) is 11.8. The topological polar surface area (TPSA) is 46.3 Å². The normalized spacial score (nSPS) is 19.3. The average molecular weight is 279 g/mol.